The molecule has 4 aromatic rings. The third kappa shape index (κ3) is 3.97. The molecule has 1 aromatic carbocycles. The lowest BCUT2D eigenvalue weighted by molar-refractivity contribution is 0.122. The van der Waals surface area contributed by atoms with E-state index >= 15 is 0 Å². The Kier molecular flexibility index (Phi) is 5.36. The number of anilines is 3. The number of nitrogens with zero attached hydrogens (tertiary/aromatic N) is 4. The summed E-state index contributed by atoms with van der Waals surface area (Å²) < 4.78 is 33.2. The van der Waals surface area contributed by atoms with Crippen LogP contribution in [0.2, 0.25) is 0 Å². The number of hydrogen-bond acceptors (Lipinski definition) is 6. The number of benzene rings is 1. The standard InChI is InChI=1S/C24H21F2N5O/c1-15-22(16-12-17(25)14-18(26)13-16)30-24-19(4-3-7-27-24)23(15)29-20-5-2-6-21(28-20)31-8-10-32-11-9-31/h2-7,12-14H,8-11H2,1H3,(H,27,28,29,30). The molecule has 0 unspecified atom stereocenters. The highest BCUT2D eigenvalue weighted by Crippen LogP contribution is 2.35. The van der Waals surface area contributed by atoms with Crippen molar-refractivity contribution in [2.24, 2.45) is 0 Å². The SMILES string of the molecule is Cc1c(-c2cc(F)cc(F)c2)nc2ncccc2c1Nc1cccc(N2CCOCC2)n1. The molecule has 1 fully saturated rings. The summed E-state index contributed by atoms with van der Waals surface area (Å²) in [4.78, 5) is 15.9. The van der Waals surface area contributed by atoms with Crippen molar-refractivity contribution in [3.8, 4) is 11.3 Å². The Bertz CT molecular complexity index is 1270. The van der Waals surface area contributed by atoms with Crippen molar-refractivity contribution in [2.75, 3.05) is 36.5 Å². The van der Waals surface area contributed by atoms with E-state index in [-0.39, 0.29) is 0 Å². The molecule has 5 rings (SSSR count). The van der Waals surface area contributed by atoms with Crippen LogP contribution in [0.15, 0.2) is 54.7 Å². The predicted octanol–water partition coefficient (Wildman–Crippen LogP) is 4.86. The summed E-state index contributed by atoms with van der Waals surface area (Å²) in [6.07, 6.45) is 1.64. The van der Waals surface area contributed by atoms with E-state index in [4.69, 9.17) is 9.72 Å². The fourth-order valence-corrected chi connectivity index (χ4v) is 3.91. The zero-order chi connectivity index (χ0) is 22.1. The molecule has 0 atom stereocenters. The first-order valence-electron chi connectivity index (χ1n) is 10.4. The van der Waals surface area contributed by atoms with Gasteiger partial charge in [-0.25, -0.2) is 23.7 Å². The van der Waals surface area contributed by atoms with Crippen LogP contribution in [0.4, 0.5) is 26.1 Å². The maximum absolute atomic E-state index is 13.9. The normalized spacial score (nSPS) is 14.0. The number of fused-ring (bicyclic) bond motifs is 1. The van der Waals surface area contributed by atoms with Gasteiger partial charge in [0.05, 0.1) is 24.6 Å². The molecule has 0 radical (unpaired) electrons. The Morgan fingerprint density at radius 1 is 0.969 bits per heavy atom. The number of halogens is 2. The van der Waals surface area contributed by atoms with E-state index in [1.165, 1.54) is 12.1 Å². The maximum atomic E-state index is 13.9. The first kappa shape index (κ1) is 20.3. The molecule has 1 aliphatic rings. The second-order valence-corrected chi connectivity index (χ2v) is 7.60. The topological polar surface area (TPSA) is 63.2 Å². The number of nitrogens with one attached hydrogen (secondary N) is 1. The number of ether oxygens (including phenoxy) is 1. The van der Waals surface area contributed by atoms with Crippen LogP contribution in [0.3, 0.4) is 0 Å². The minimum absolute atomic E-state index is 0.352. The van der Waals surface area contributed by atoms with Gasteiger partial charge in [0.15, 0.2) is 5.65 Å². The lowest BCUT2D eigenvalue weighted by Crippen LogP contribution is -2.36. The second-order valence-electron chi connectivity index (χ2n) is 7.60. The van der Waals surface area contributed by atoms with E-state index in [0.717, 1.165) is 41.6 Å². The molecule has 0 saturated carbocycles. The number of rotatable bonds is 4. The maximum Gasteiger partial charge on any atom is 0.161 e. The minimum Gasteiger partial charge on any atom is -0.378 e. The smallest absolute Gasteiger partial charge is 0.161 e. The van der Waals surface area contributed by atoms with E-state index in [2.05, 4.69) is 20.2 Å². The average Bonchev–Trinajstić information content (AvgIpc) is 2.81. The van der Waals surface area contributed by atoms with E-state index in [1.54, 1.807) is 6.20 Å². The molecule has 1 N–H and O–H groups in total. The monoisotopic (exact) mass is 433 g/mol. The largest absolute Gasteiger partial charge is 0.378 e. The van der Waals surface area contributed by atoms with Gasteiger partial charge < -0.3 is 15.0 Å². The third-order valence-electron chi connectivity index (χ3n) is 5.46. The molecule has 32 heavy (non-hydrogen) atoms. The molecule has 1 saturated heterocycles. The summed E-state index contributed by atoms with van der Waals surface area (Å²) in [5, 5.41) is 4.19. The zero-order valence-electron chi connectivity index (χ0n) is 17.5. The highest BCUT2D eigenvalue weighted by molar-refractivity contribution is 5.95. The number of morpholine rings is 1. The number of pyridine rings is 3. The molecule has 6 nitrogen and oxygen atoms in total. The highest BCUT2D eigenvalue weighted by atomic mass is 19.1. The molecule has 4 heterocycles. The lowest BCUT2D eigenvalue weighted by Gasteiger charge is -2.28. The van der Waals surface area contributed by atoms with Crippen molar-refractivity contribution in [1.29, 1.82) is 0 Å². The molecule has 0 spiro atoms. The van der Waals surface area contributed by atoms with Gasteiger partial charge in [0.1, 0.15) is 23.3 Å². The van der Waals surface area contributed by atoms with E-state index in [1.807, 2.05) is 37.3 Å². The van der Waals surface area contributed by atoms with Crippen molar-refractivity contribution in [2.45, 2.75) is 6.92 Å². The summed E-state index contributed by atoms with van der Waals surface area (Å²) in [6, 6.07) is 12.9. The Labute approximate surface area is 183 Å². The second kappa shape index (κ2) is 8.47. The van der Waals surface area contributed by atoms with Gasteiger partial charge in [0.25, 0.3) is 0 Å². The summed E-state index contributed by atoms with van der Waals surface area (Å²) in [5.74, 6) is 0.207. The van der Waals surface area contributed by atoms with Gasteiger partial charge in [0.2, 0.25) is 0 Å². The first-order valence-corrected chi connectivity index (χ1v) is 10.4. The summed E-state index contributed by atoms with van der Waals surface area (Å²) >= 11 is 0. The molecule has 3 aromatic heterocycles. The van der Waals surface area contributed by atoms with Crippen LogP contribution >= 0.6 is 0 Å². The minimum atomic E-state index is -0.656. The molecular formula is C24H21F2N5O. The quantitative estimate of drug-likeness (QED) is 0.496. The molecule has 162 valence electrons. The molecule has 8 heteroatoms. The lowest BCUT2D eigenvalue weighted by atomic mass is 10.0. The van der Waals surface area contributed by atoms with Gasteiger partial charge in [-0.15, -0.1) is 0 Å². The van der Waals surface area contributed by atoms with Crippen molar-refractivity contribution in [3.63, 3.8) is 0 Å². The molecule has 0 bridgehead atoms. The Balaban J connectivity index is 1.60. The summed E-state index contributed by atoms with van der Waals surface area (Å²) in [7, 11) is 0. The van der Waals surface area contributed by atoms with Gasteiger partial charge in [-0.2, -0.15) is 0 Å². The van der Waals surface area contributed by atoms with E-state index in [0.29, 0.717) is 35.9 Å². The third-order valence-corrected chi connectivity index (χ3v) is 5.46. The van der Waals surface area contributed by atoms with E-state index < -0.39 is 11.6 Å². The van der Waals surface area contributed by atoms with Crippen LogP contribution in [0, 0.1) is 18.6 Å². The van der Waals surface area contributed by atoms with Crippen LogP contribution in [0.5, 0.6) is 0 Å². The first-order chi connectivity index (χ1) is 15.6. The Morgan fingerprint density at radius 3 is 2.53 bits per heavy atom. The molecule has 0 amide bonds. The Hall–Kier alpha value is -3.65. The van der Waals surface area contributed by atoms with Crippen molar-refractivity contribution < 1.29 is 13.5 Å². The van der Waals surface area contributed by atoms with Crippen molar-refractivity contribution in [3.05, 3.63) is 71.9 Å². The molecule has 1 aliphatic heterocycles. The fourth-order valence-electron chi connectivity index (χ4n) is 3.91. The zero-order valence-corrected chi connectivity index (χ0v) is 17.5. The van der Waals surface area contributed by atoms with Crippen LogP contribution < -0.4 is 10.2 Å². The van der Waals surface area contributed by atoms with Gasteiger partial charge in [-0.3, -0.25) is 0 Å². The number of hydrogen-bond donors (Lipinski definition) is 1. The average molecular weight is 433 g/mol. The van der Waals surface area contributed by atoms with Crippen LogP contribution in [-0.2, 0) is 4.74 Å². The predicted molar refractivity (Wildman–Crippen MR) is 120 cm³/mol. The molecule has 0 aliphatic carbocycles. The van der Waals surface area contributed by atoms with Crippen LogP contribution in [0.25, 0.3) is 22.3 Å². The Morgan fingerprint density at radius 2 is 1.75 bits per heavy atom. The van der Waals surface area contributed by atoms with Crippen LogP contribution in [0.1, 0.15) is 5.56 Å². The molecular weight excluding hydrogens is 412 g/mol. The summed E-state index contributed by atoms with van der Waals surface area (Å²) in [6.45, 7) is 4.78. The number of aromatic nitrogens is 3. The van der Waals surface area contributed by atoms with Gasteiger partial charge in [0, 0.05) is 36.3 Å². The van der Waals surface area contributed by atoms with E-state index in [9.17, 15) is 8.78 Å². The van der Waals surface area contributed by atoms with Crippen molar-refractivity contribution in [1.82, 2.24) is 15.0 Å². The van der Waals surface area contributed by atoms with Gasteiger partial charge in [-0.05, 0) is 48.9 Å². The fraction of sp³-hybridized carbons (Fsp3) is 0.208. The highest BCUT2D eigenvalue weighted by Gasteiger charge is 2.17. The van der Waals surface area contributed by atoms with Crippen molar-refractivity contribution >= 4 is 28.4 Å². The van der Waals surface area contributed by atoms with Gasteiger partial charge >= 0.3 is 0 Å². The van der Waals surface area contributed by atoms with Crippen LogP contribution in [-0.4, -0.2) is 41.3 Å². The summed E-state index contributed by atoms with van der Waals surface area (Å²) in [5.41, 5.74) is 2.78. The van der Waals surface area contributed by atoms with Gasteiger partial charge in [-0.1, -0.05) is 6.07 Å².